The quantitative estimate of drug-likeness (QED) is 0.179. The molecule has 0 unspecified atom stereocenters. The van der Waals surface area contributed by atoms with Crippen molar-refractivity contribution in [2.24, 2.45) is 0 Å². The van der Waals surface area contributed by atoms with Gasteiger partial charge in [-0.2, -0.15) is 0 Å². The summed E-state index contributed by atoms with van der Waals surface area (Å²) in [5.74, 6) is -1.34. The van der Waals surface area contributed by atoms with E-state index in [-0.39, 0.29) is 63.2 Å². The average molecular weight is 580 g/mol. The number of carbonyl (C=O) groups is 4. The van der Waals surface area contributed by atoms with E-state index in [1.165, 1.54) is 57.8 Å². The van der Waals surface area contributed by atoms with Gasteiger partial charge in [-0.05, 0) is 30.9 Å². The molecule has 1 N–H and O–H groups in total. The number of hydrogen-bond donors (Lipinski definition) is 1. The van der Waals surface area contributed by atoms with Crippen molar-refractivity contribution in [3.63, 3.8) is 0 Å². The first-order valence-corrected chi connectivity index (χ1v) is 13.6. The second-order valence-electron chi connectivity index (χ2n) is 8.87. The summed E-state index contributed by atoms with van der Waals surface area (Å²) in [7, 11) is 0. The summed E-state index contributed by atoms with van der Waals surface area (Å²) in [6.45, 7) is 0. The Kier molecular flexibility index (Phi) is 14.3. The fourth-order valence-electron chi connectivity index (χ4n) is 4.39. The topological polar surface area (TPSA) is 94.4 Å². The Hall–Kier alpha value is -1.16. The van der Waals surface area contributed by atoms with Gasteiger partial charge in [0.2, 0.25) is 0 Å². The van der Waals surface area contributed by atoms with Crippen LogP contribution in [0.4, 0.5) is 0 Å². The van der Waals surface area contributed by atoms with E-state index in [0.717, 1.165) is 23.7 Å². The fraction of sp³-hybridized carbons (Fsp3) is 0.429. The summed E-state index contributed by atoms with van der Waals surface area (Å²) >= 11 is 3.47. The van der Waals surface area contributed by atoms with Gasteiger partial charge in [0.15, 0.2) is 0 Å². The van der Waals surface area contributed by atoms with E-state index >= 15 is 0 Å². The van der Waals surface area contributed by atoms with Crippen LogP contribution < -0.4 is 56.7 Å². The first-order chi connectivity index (χ1) is 17.0. The summed E-state index contributed by atoms with van der Waals surface area (Å²) in [6.07, 6.45) is 13.8. The smallest absolute Gasteiger partial charge is 0.587 e. The summed E-state index contributed by atoms with van der Waals surface area (Å²) in [6, 6.07) is 12.2. The van der Waals surface area contributed by atoms with Crippen LogP contribution in [0, 0.1) is 0 Å². The summed E-state index contributed by atoms with van der Waals surface area (Å²) in [5, 5.41) is 6.80. The van der Waals surface area contributed by atoms with Gasteiger partial charge in [0.05, 0.1) is 22.9 Å². The minimum atomic E-state index is -0.425. The van der Waals surface area contributed by atoms with Gasteiger partial charge in [0.25, 0.3) is 11.8 Å². The predicted octanol–water partition coefficient (Wildman–Crippen LogP) is 3.77. The predicted molar refractivity (Wildman–Crippen MR) is 140 cm³/mol. The number of fused-ring (bicyclic) bond motifs is 2. The molecule has 2 aromatic carbocycles. The molecule has 36 heavy (non-hydrogen) atoms. The largest absolute Gasteiger partial charge is 1.00 e. The molecule has 0 atom stereocenters. The Balaban J connectivity index is 0.000000316. The van der Waals surface area contributed by atoms with Crippen LogP contribution in [-0.4, -0.2) is 29.0 Å². The van der Waals surface area contributed by atoms with E-state index in [0.29, 0.717) is 22.3 Å². The number of alkyl halides is 1. The van der Waals surface area contributed by atoms with Crippen molar-refractivity contribution in [3.8, 4) is 0 Å². The van der Waals surface area contributed by atoms with E-state index < -0.39 is 11.8 Å². The second-order valence-corrected chi connectivity index (χ2v) is 9.66. The Bertz CT molecular complexity index is 1040. The Morgan fingerprint density at radius 3 is 1.67 bits per heavy atom. The number of halogens is 1. The molecule has 0 aliphatic carbocycles. The number of imide groups is 2. The average Bonchev–Trinajstić information content (AvgIpc) is 3.32. The van der Waals surface area contributed by atoms with Gasteiger partial charge in [-0.3, -0.25) is 14.9 Å². The number of nitrogens with zero attached hydrogens (tertiary/aromatic N) is 1. The van der Waals surface area contributed by atoms with Crippen LogP contribution >= 0.6 is 15.9 Å². The van der Waals surface area contributed by atoms with Crippen molar-refractivity contribution in [2.45, 2.75) is 70.6 Å². The minimum absolute atomic E-state index is 0. The fourth-order valence-corrected chi connectivity index (χ4v) is 4.79. The molecule has 2 aromatic rings. The molecule has 6 nitrogen and oxygen atoms in total. The maximum atomic E-state index is 11.9. The molecule has 2 heterocycles. The van der Waals surface area contributed by atoms with Gasteiger partial charge in [-0.1, -0.05) is 104 Å². The number of unbranched alkanes of at least 4 members (excludes halogenated alkanes) is 9. The Morgan fingerprint density at radius 1 is 0.611 bits per heavy atom. The molecule has 0 fully saturated rings. The van der Waals surface area contributed by atoms with Crippen LogP contribution in [0.5, 0.6) is 0 Å². The van der Waals surface area contributed by atoms with Gasteiger partial charge in [0.1, 0.15) is 0 Å². The molecule has 0 bridgehead atoms. The van der Waals surface area contributed by atoms with Crippen LogP contribution in [0.2, 0.25) is 0 Å². The minimum Gasteiger partial charge on any atom is -0.587 e. The number of hydrogen-bond acceptors (Lipinski definition) is 4. The third-order valence-electron chi connectivity index (χ3n) is 6.27. The zero-order chi connectivity index (χ0) is 25.0. The van der Waals surface area contributed by atoms with Gasteiger partial charge < -0.3 is 14.9 Å². The SMILES string of the molecule is O=C1NC(=O)c2c(CCCCCCCCCCCCBr)cccc21.O=C1[N-]C(=O)c2ccccc21.[K+]. The summed E-state index contributed by atoms with van der Waals surface area (Å²) < 4.78 is 0. The Labute approximate surface area is 264 Å². The molecule has 0 spiro atoms. The van der Waals surface area contributed by atoms with E-state index in [4.69, 9.17) is 0 Å². The summed E-state index contributed by atoms with van der Waals surface area (Å²) in [4.78, 5) is 45.3. The third kappa shape index (κ3) is 8.99. The second kappa shape index (κ2) is 16.6. The molecule has 8 heteroatoms. The van der Waals surface area contributed by atoms with Crippen LogP contribution in [0.3, 0.4) is 0 Å². The molecule has 0 radical (unpaired) electrons. The molecule has 186 valence electrons. The molecule has 0 aromatic heterocycles. The number of nitrogens with one attached hydrogen (secondary N) is 1. The van der Waals surface area contributed by atoms with Crippen LogP contribution in [0.1, 0.15) is 111 Å². The molecule has 4 amide bonds. The van der Waals surface area contributed by atoms with Gasteiger partial charge in [-0.15, -0.1) is 0 Å². The monoisotopic (exact) mass is 578 g/mol. The summed E-state index contributed by atoms with van der Waals surface area (Å²) in [5.41, 5.74) is 2.99. The normalized spacial score (nSPS) is 13.2. The van der Waals surface area contributed by atoms with Gasteiger partial charge in [-0.25, -0.2) is 0 Å². The van der Waals surface area contributed by atoms with Crippen LogP contribution in [-0.2, 0) is 6.42 Å². The van der Waals surface area contributed by atoms with E-state index in [1.54, 1.807) is 30.3 Å². The standard InChI is InChI=1S/C20H28BrNO2.C8H5NO2.K/c21-15-10-8-6-4-2-1-3-5-7-9-12-16-13-11-14-17-18(16)20(24)22-19(17)23;10-7-5-3-1-2-4-6(5)8(11)9-7;/h11,13-14H,1-10,12,15H2,(H,22,23,24);1-4H,(H,9,10,11);/q;;+1/p-1. The van der Waals surface area contributed by atoms with Crippen molar-refractivity contribution in [2.75, 3.05) is 5.33 Å². The van der Waals surface area contributed by atoms with Crippen molar-refractivity contribution < 1.29 is 70.6 Å². The number of amides is 4. The van der Waals surface area contributed by atoms with Crippen LogP contribution in [0.25, 0.3) is 5.32 Å². The van der Waals surface area contributed by atoms with Crippen molar-refractivity contribution in [1.29, 1.82) is 0 Å². The molecule has 2 aliphatic rings. The zero-order valence-electron chi connectivity index (χ0n) is 21.0. The maximum Gasteiger partial charge on any atom is 1.00 e. The third-order valence-corrected chi connectivity index (χ3v) is 6.83. The molecule has 2 aliphatic heterocycles. The van der Waals surface area contributed by atoms with E-state index in [1.807, 2.05) is 12.1 Å². The number of aryl methyl sites for hydroxylation is 1. The first kappa shape index (κ1) is 31.1. The molecule has 4 rings (SSSR count). The number of carbonyl (C=O) groups excluding carboxylic acids is 4. The first-order valence-electron chi connectivity index (χ1n) is 12.5. The molecular weight excluding hydrogens is 547 g/mol. The number of benzene rings is 2. The van der Waals surface area contributed by atoms with Crippen molar-refractivity contribution in [1.82, 2.24) is 5.32 Å². The van der Waals surface area contributed by atoms with Crippen LogP contribution in [0.15, 0.2) is 42.5 Å². The zero-order valence-corrected chi connectivity index (χ0v) is 25.7. The Morgan fingerprint density at radius 2 is 1.11 bits per heavy atom. The molecule has 0 saturated heterocycles. The maximum absolute atomic E-state index is 11.9. The number of rotatable bonds is 12. The molecule has 0 saturated carbocycles. The van der Waals surface area contributed by atoms with E-state index in [2.05, 4.69) is 26.6 Å². The molecular formula is C28H32BrKN2O4. The van der Waals surface area contributed by atoms with E-state index in [9.17, 15) is 19.2 Å². The van der Waals surface area contributed by atoms with Crippen molar-refractivity contribution >= 4 is 39.6 Å². The van der Waals surface area contributed by atoms with Crippen molar-refractivity contribution in [3.05, 3.63) is 75.6 Å². The van der Waals surface area contributed by atoms with Gasteiger partial charge >= 0.3 is 51.4 Å². The van der Waals surface area contributed by atoms with Gasteiger partial charge in [0, 0.05) is 16.5 Å².